The molecule has 1 N–H and O–H groups in total. The van der Waals surface area contributed by atoms with Gasteiger partial charge in [0, 0.05) is 13.5 Å². The first kappa shape index (κ1) is 16.2. The van der Waals surface area contributed by atoms with Gasteiger partial charge in [0.25, 0.3) is 0 Å². The number of aliphatic hydroxyl groups is 1. The smallest absolute Gasteiger partial charge is 0.302 e. The SMILES string of the molecule is CC(=O)OCCCCCCCC/C=C/CCO. The summed E-state index contributed by atoms with van der Waals surface area (Å²) in [5.74, 6) is -0.181. The topological polar surface area (TPSA) is 46.5 Å². The fraction of sp³-hybridized carbons (Fsp3) is 0.786. The van der Waals surface area contributed by atoms with Crippen LogP contribution in [0.4, 0.5) is 0 Å². The molecule has 17 heavy (non-hydrogen) atoms. The first-order chi connectivity index (χ1) is 8.27. The van der Waals surface area contributed by atoms with Crippen LogP contribution in [-0.2, 0) is 9.53 Å². The largest absolute Gasteiger partial charge is 0.466 e. The number of rotatable bonds is 11. The van der Waals surface area contributed by atoms with E-state index >= 15 is 0 Å². The highest BCUT2D eigenvalue weighted by Gasteiger charge is 1.93. The summed E-state index contributed by atoms with van der Waals surface area (Å²) in [6.07, 6.45) is 13.2. The van der Waals surface area contributed by atoms with Crippen molar-refractivity contribution >= 4 is 5.97 Å². The van der Waals surface area contributed by atoms with E-state index in [2.05, 4.69) is 6.08 Å². The van der Waals surface area contributed by atoms with Gasteiger partial charge >= 0.3 is 5.97 Å². The molecule has 0 saturated heterocycles. The van der Waals surface area contributed by atoms with E-state index < -0.39 is 0 Å². The van der Waals surface area contributed by atoms with Crippen LogP contribution in [0.15, 0.2) is 12.2 Å². The quantitative estimate of drug-likeness (QED) is 0.344. The normalized spacial score (nSPS) is 10.9. The van der Waals surface area contributed by atoms with Crippen LogP contribution < -0.4 is 0 Å². The molecule has 0 aliphatic carbocycles. The van der Waals surface area contributed by atoms with Gasteiger partial charge in [-0.1, -0.05) is 37.8 Å². The highest BCUT2D eigenvalue weighted by atomic mass is 16.5. The van der Waals surface area contributed by atoms with Crippen LogP contribution >= 0.6 is 0 Å². The zero-order valence-electron chi connectivity index (χ0n) is 11.0. The molecule has 0 atom stereocenters. The van der Waals surface area contributed by atoms with Crippen LogP contribution in [0.5, 0.6) is 0 Å². The molecule has 0 aromatic heterocycles. The molecular weight excluding hydrogens is 216 g/mol. The molecule has 0 fully saturated rings. The zero-order chi connectivity index (χ0) is 12.8. The summed E-state index contributed by atoms with van der Waals surface area (Å²) in [6, 6.07) is 0. The summed E-state index contributed by atoms with van der Waals surface area (Å²) in [4.78, 5) is 10.5. The van der Waals surface area contributed by atoms with Crippen LogP contribution in [0.1, 0.15) is 58.3 Å². The molecule has 0 rings (SSSR count). The lowest BCUT2D eigenvalue weighted by Crippen LogP contribution is -1.99. The average Bonchev–Trinajstić information content (AvgIpc) is 2.30. The number of hydrogen-bond acceptors (Lipinski definition) is 3. The Morgan fingerprint density at radius 1 is 1.00 bits per heavy atom. The highest BCUT2D eigenvalue weighted by Crippen LogP contribution is 2.07. The monoisotopic (exact) mass is 242 g/mol. The van der Waals surface area contributed by atoms with Crippen molar-refractivity contribution in [3.05, 3.63) is 12.2 Å². The maximum absolute atomic E-state index is 10.5. The number of carbonyl (C=O) groups excluding carboxylic acids is 1. The molecule has 0 aromatic rings. The second-order valence-electron chi connectivity index (χ2n) is 4.23. The molecule has 0 radical (unpaired) electrons. The van der Waals surface area contributed by atoms with Gasteiger partial charge in [-0.15, -0.1) is 0 Å². The van der Waals surface area contributed by atoms with Crippen molar-refractivity contribution in [2.45, 2.75) is 58.3 Å². The third-order valence-electron chi connectivity index (χ3n) is 2.53. The number of carbonyl (C=O) groups is 1. The van der Waals surface area contributed by atoms with Crippen molar-refractivity contribution in [3.8, 4) is 0 Å². The van der Waals surface area contributed by atoms with Gasteiger partial charge in [0.2, 0.25) is 0 Å². The van der Waals surface area contributed by atoms with Gasteiger partial charge < -0.3 is 9.84 Å². The minimum Gasteiger partial charge on any atom is -0.466 e. The number of allylic oxidation sites excluding steroid dienone is 1. The van der Waals surface area contributed by atoms with Gasteiger partial charge in [-0.05, 0) is 25.7 Å². The summed E-state index contributed by atoms with van der Waals surface area (Å²) >= 11 is 0. The van der Waals surface area contributed by atoms with Gasteiger partial charge in [0.1, 0.15) is 0 Å². The molecule has 0 heterocycles. The molecule has 0 aromatic carbocycles. The van der Waals surface area contributed by atoms with E-state index in [1.807, 2.05) is 6.08 Å². The van der Waals surface area contributed by atoms with E-state index in [9.17, 15) is 4.79 Å². The van der Waals surface area contributed by atoms with Crippen LogP contribution in [-0.4, -0.2) is 24.3 Å². The molecule has 0 aliphatic heterocycles. The van der Waals surface area contributed by atoms with Gasteiger partial charge in [0.05, 0.1) is 6.61 Å². The minimum absolute atomic E-state index is 0.181. The molecule has 100 valence electrons. The van der Waals surface area contributed by atoms with E-state index in [4.69, 9.17) is 9.84 Å². The molecule has 0 unspecified atom stereocenters. The predicted molar refractivity (Wildman–Crippen MR) is 69.8 cm³/mol. The Hall–Kier alpha value is -0.830. The molecule has 0 bridgehead atoms. The number of hydrogen-bond donors (Lipinski definition) is 1. The van der Waals surface area contributed by atoms with Crippen LogP contribution in [0.2, 0.25) is 0 Å². The summed E-state index contributed by atoms with van der Waals surface area (Å²) in [5.41, 5.74) is 0. The Morgan fingerprint density at radius 3 is 2.24 bits per heavy atom. The number of unbranched alkanes of at least 4 members (excludes halogenated alkanes) is 6. The third kappa shape index (κ3) is 15.2. The summed E-state index contributed by atoms with van der Waals surface area (Å²) in [5, 5.41) is 8.56. The number of aliphatic hydroxyl groups excluding tert-OH is 1. The van der Waals surface area contributed by atoms with E-state index in [1.165, 1.54) is 32.6 Å². The second-order valence-corrected chi connectivity index (χ2v) is 4.23. The van der Waals surface area contributed by atoms with Crippen molar-refractivity contribution in [1.29, 1.82) is 0 Å². The molecule has 3 heteroatoms. The highest BCUT2D eigenvalue weighted by molar-refractivity contribution is 5.65. The fourth-order valence-corrected chi connectivity index (χ4v) is 1.60. The Labute approximate surface area is 105 Å². The lowest BCUT2D eigenvalue weighted by molar-refractivity contribution is -0.141. The Balaban J connectivity index is 3.01. The van der Waals surface area contributed by atoms with E-state index in [-0.39, 0.29) is 12.6 Å². The van der Waals surface area contributed by atoms with Crippen molar-refractivity contribution < 1.29 is 14.6 Å². The predicted octanol–water partition coefficient (Wildman–Crippen LogP) is 3.22. The molecule has 0 spiro atoms. The van der Waals surface area contributed by atoms with E-state index in [1.54, 1.807) is 0 Å². The Bertz CT molecular complexity index is 200. The molecule has 0 saturated carbocycles. The van der Waals surface area contributed by atoms with Crippen molar-refractivity contribution in [3.63, 3.8) is 0 Å². The lowest BCUT2D eigenvalue weighted by atomic mass is 10.1. The minimum atomic E-state index is -0.181. The van der Waals surface area contributed by atoms with Crippen molar-refractivity contribution in [1.82, 2.24) is 0 Å². The maximum atomic E-state index is 10.5. The summed E-state index contributed by atoms with van der Waals surface area (Å²) in [6.45, 7) is 2.27. The second kappa shape index (κ2) is 13.2. The van der Waals surface area contributed by atoms with E-state index in [0.717, 1.165) is 25.7 Å². The maximum Gasteiger partial charge on any atom is 0.302 e. The van der Waals surface area contributed by atoms with Gasteiger partial charge in [-0.3, -0.25) is 4.79 Å². The number of esters is 1. The lowest BCUT2D eigenvalue weighted by Gasteiger charge is -2.02. The summed E-state index contributed by atoms with van der Waals surface area (Å²) < 4.78 is 4.86. The average molecular weight is 242 g/mol. The van der Waals surface area contributed by atoms with Crippen LogP contribution in [0.25, 0.3) is 0 Å². The van der Waals surface area contributed by atoms with Gasteiger partial charge in [0.15, 0.2) is 0 Å². The zero-order valence-corrected chi connectivity index (χ0v) is 11.0. The van der Waals surface area contributed by atoms with Crippen molar-refractivity contribution in [2.24, 2.45) is 0 Å². The van der Waals surface area contributed by atoms with Crippen LogP contribution in [0, 0.1) is 0 Å². The number of ether oxygens (including phenoxy) is 1. The first-order valence-corrected chi connectivity index (χ1v) is 6.66. The molecule has 0 aliphatic rings. The molecule has 3 nitrogen and oxygen atoms in total. The van der Waals surface area contributed by atoms with E-state index in [0.29, 0.717) is 6.61 Å². The third-order valence-corrected chi connectivity index (χ3v) is 2.53. The van der Waals surface area contributed by atoms with Crippen molar-refractivity contribution in [2.75, 3.05) is 13.2 Å². The summed E-state index contributed by atoms with van der Waals surface area (Å²) in [7, 11) is 0. The van der Waals surface area contributed by atoms with Gasteiger partial charge in [-0.2, -0.15) is 0 Å². The van der Waals surface area contributed by atoms with Gasteiger partial charge in [-0.25, -0.2) is 0 Å². The molecule has 0 amide bonds. The fourth-order valence-electron chi connectivity index (χ4n) is 1.60. The Morgan fingerprint density at radius 2 is 1.59 bits per heavy atom. The standard InChI is InChI=1S/C14H26O3/c1-14(16)17-13-11-9-7-5-3-2-4-6-8-10-12-15/h6,8,15H,2-5,7,9-13H2,1H3/b8-6+. The first-order valence-electron chi connectivity index (χ1n) is 6.66. The Kier molecular flexibility index (Phi) is 12.6. The molecular formula is C14H26O3. The van der Waals surface area contributed by atoms with Crippen LogP contribution in [0.3, 0.4) is 0 Å².